The number of benzene rings is 1. The summed E-state index contributed by atoms with van der Waals surface area (Å²) in [4.78, 5) is 20.3. The van der Waals surface area contributed by atoms with Crippen molar-refractivity contribution in [2.75, 3.05) is 26.2 Å². The van der Waals surface area contributed by atoms with Gasteiger partial charge in [-0.1, -0.05) is 19.9 Å². The highest BCUT2D eigenvalue weighted by molar-refractivity contribution is 7.89. The Hall–Kier alpha value is -2.95. The number of H-pyrrole nitrogens is 2. The second-order valence-electron chi connectivity index (χ2n) is 9.94. The van der Waals surface area contributed by atoms with Gasteiger partial charge in [0.2, 0.25) is 0 Å². The maximum atomic E-state index is 13.4. The summed E-state index contributed by atoms with van der Waals surface area (Å²) >= 11 is 0. The molecular formula is C28H41N7O2S. The van der Waals surface area contributed by atoms with Gasteiger partial charge in [-0.05, 0) is 81.6 Å². The van der Waals surface area contributed by atoms with Crippen molar-refractivity contribution in [1.29, 1.82) is 0 Å². The molecule has 4 rings (SSSR count). The number of sulfonamides is 1. The van der Waals surface area contributed by atoms with Gasteiger partial charge < -0.3 is 14.9 Å². The number of aromatic amines is 2. The monoisotopic (exact) mass is 539 g/mol. The van der Waals surface area contributed by atoms with E-state index in [-0.39, 0.29) is 6.04 Å². The van der Waals surface area contributed by atoms with Crippen LogP contribution in [0.15, 0.2) is 54.1 Å². The Morgan fingerprint density at radius 2 is 1.74 bits per heavy atom. The molecule has 38 heavy (non-hydrogen) atoms. The molecule has 0 spiro atoms. The molecule has 0 radical (unpaired) electrons. The molecule has 0 amide bonds. The molecule has 1 unspecified atom stereocenters. The Kier molecular flexibility index (Phi) is 9.76. The van der Waals surface area contributed by atoms with Crippen LogP contribution >= 0.6 is 0 Å². The molecule has 0 saturated heterocycles. The van der Waals surface area contributed by atoms with Crippen LogP contribution in [0.25, 0.3) is 6.08 Å². The van der Waals surface area contributed by atoms with Gasteiger partial charge in [-0.3, -0.25) is 9.21 Å². The quantitative estimate of drug-likeness (QED) is 0.270. The summed E-state index contributed by atoms with van der Waals surface area (Å²) in [5.74, 6) is 1.74. The highest BCUT2D eigenvalue weighted by Crippen LogP contribution is 2.30. The predicted octanol–water partition coefficient (Wildman–Crippen LogP) is 4.77. The number of nitrogens with one attached hydrogen (secondary N) is 2. The van der Waals surface area contributed by atoms with E-state index in [1.54, 1.807) is 24.7 Å². The van der Waals surface area contributed by atoms with E-state index >= 15 is 0 Å². The standard InChI is InChI=1S/C28H41N7O2S/c1-4-15-33(16-5-2)17-6-7-18-35-19-10-25-20-24(8-9-26(25)38(35,36)37)21-34(22-27-29-11-12-30-27)23(3)28-31-13-14-32-28/h8-14,19-20,23H,4-7,15-18,21-22H2,1-3H3,(H,29,30)(H,31,32). The lowest BCUT2D eigenvalue weighted by Gasteiger charge is -2.28. The number of nitrogens with zero attached hydrogens (tertiary/aromatic N) is 5. The summed E-state index contributed by atoms with van der Waals surface area (Å²) in [6, 6.07) is 5.68. The van der Waals surface area contributed by atoms with E-state index in [1.165, 1.54) is 4.31 Å². The van der Waals surface area contributed by atoms with Crippen LogP contribution in [-0.2, 0) is 23.1 Å². The molecule has 0 bridgehead atoms. The molecule has 0 fully saturated rings. The average Bonchev–Trinajstić information content (AvgIpc) is 3.62. The zero-order valence-corrected chi connectivity index (χ0v) is 23.6. The number of hydrogen-bond donors (Lipinski definition) is 2. The Bertz CT molecular complexity index is 1250. The molecule has 1 aliphatic heterocycles. The summed E-state index contributed by atoms with van der Waals surface area (Å²) in [7, 11) is -3.55. The Morgan fingerprint density at radius 3 is 2.42 bits per heavy atom. The number of unbranched alkanes of at least 4 members (excludes halogenated alkanes) is 1. The van der Waals surface area contributed by atoms with Gasteiger partial charge in [0.05, 0.1) is 17.5 Å². The maximum absolute atomic E-state index is 13.4. The molecule has 1 atom stereocenters. The average molecular weight is 540 g/mol. The van der Waals surface area contributed by atoms with Crippen molar-refractivity contribution < 1.29 is 8.42 Å². The topological polar surface area (TPSA) is 101 Å². The van der Waals surface area contributed by atoms with Crippen molar-refractivity contribution in [1.82, 2.24) is 34.0 Å². The van der Waals surface area contributed by atoms with Crippen molar-refractivity contribution >= 4 is 16.1 Å². The van der Waals surface area contributed by atoms with Gasteiger partial charge in [0.25, 0.3) is 10.0 Å². The van der Waals surface area contributed by atoms with Gasteiger partial charge in [-0.15, -0.1) is 0 Å². The third-order valence-electron chi connectivity index (χ3n) is 7.02. The predicted molar refractivity (Wildman–Crippen MR) is 150 cm³/mol. The Morgan fingerprint density at radius 1 is 0.974 bits per heavy atom. The first-order valence-corrected chi connectivity index (χ1v) is 15.1. The van der Waals surface area contributed by atoms with E-state index in [1.807, 2.05) is 30.6 Å². The van der Waals surface area contributed by atoms with E-state index < -0.39 is 10.0 Å². The van der Waals surface area contributed by atoms with E-state index in [0.29, 0.717) is 24.5 Å². The van der Waals surface area contributed by atoms with Gasteiger partial charge >= 0.3 is 0 Å². The van der Waals surface area contributed by atoms with Crippen LogP contribution in [0.1, 0.15) is 75.3 Å². The highest BCUT2D eigenvalue weighted by Gasteiger charge is 2.28. The lowest BCUT2D eigenvalue weighted by atomic mass is 10.1. The molecule has 9 nitrogen and oxygen atoms in total. The van der Waals surface area contributed by atoms with Crippen LogP contribution in [0.4, 0.5) is 0 Å². The first-order chi connectivity index (χ1) is 18.4. The minimum absolute atomic E-state index is 0.0199. The molecule has 0 aliphatic carbocycles. The number of fused-ring (bicyclic) bond motifs is 1. The molecule has 3 aromatic rings. The lowest BCUT2D eigenvalue weighted by molar-refractivity contribution is 0.181. The molecule has 2 N–H and O–H groups in total. The summed E-state index contributed by atoms with van der Waals surface area (Å²) in [5, 5.41) is 0. The van der Waals surface area contributed by atoms with Gasteiger partial charge in [0, 0.05) is 44.1 Å². The molecule has 10 heteroatoms. The van der Waals surface area contributed by atoms with Gasteiger partial charge in [-0.2, -0.15) is 0 Å². The number of hydrogen-bond acceptors (Lipinski definition) is 6. The van der Waals surface area contributed by atoms with E-state index in [0.717, 1.165) is 68.1 Å². The smallest absolute Gasteiger partial charge is 0.264 e. The van der Waals surface area contributed by atoms with Gasteiger partial charge in [-0.25, -0.2) is 18.4 Å². The minimum Gasteiger partial charge on any atom is -0.348 e. The fraction of sp³-hybridized carbons (Fsp3) is 0.500. The van der Waals surface area contributed by atoms with E-state index in [9.17, 15) is 8.42 Å². The molecule has 1 aliphatic rings. The lowest BCUT2D eigenvalue weighted by Crippen LogP contribution is -2.31. The number of aromatic nitrogens is 4. The van der Waals surface area contributed by atoms with Crippen LogP contribution in [0.2, 0.25) is 0 Å². The molecule has 0 saturated carbocycles. The number of imidazole rings is 2. The summed E-state index contributed by atoms with van der Waals surface area (Å²) in [6.07, 6.45) is 14.9. The van der Waals surface area contributed by atoms with E-state index in [2.05, 4.69) is 50.5 Å². The Balaban J connectivity index is 1.42. The molecule has 1 aromatic carbocycles. The van der Waals surface area contributed by atoms with E-state index in [4.69, 9.17) is 0 Å². The van der Waals surface area contributed by atoms with Crippen molar-refractivity contribution in [2.45, 2.75) is 70.5 Å². The SMILES string of the molecule is CCCN(CCC)CCCCN1C=Cc2cc(CN(Cc3ncc[nH]3)C(C)c3ncc[nH]3)ccc2S1(=O)=O. The molecule has 206 valence electrons. The molecular weight excluding hydrogens is 498 g/mol. The molecule has 2 aromatic heterocycles. The largest absolute Gasteiger partial charge is 0.348 e. The maximum Gasteiger partial charge on any atom is 0.264 e. The minimum atomic E-state index is -3.55. The Labute approximate surface area is 227 Å². The normalized spacial score (nSPS) is 15.3. The number of rotatable bonds is 15. The van der Waals surface area contributed by atoms with Crippen molar-refractivity contribution in [3.05, 3.63) is 72.0 Å². The zero-order chi connectivity index (χ0) is 27.0. The van der Waals surface area contributed by atoms with Crippen molar-refractivity contribution in [3.8, 4) is 0 Å². The fourth-order valence-corrected chi connectivity index (χ4v) is 6.52. The second kappa shape index (κ2) is 13.2. The van der Waals surface area contributed by atoms with Gasteiger partial charge in [0.15, 0.2) is 0 Å². The van der Waals surface area contributed by atoms with Crippen LogP contribution in [0, 0.1) is 0 Å². The fourth-order valence-electron chi connectivity index (χ4n) is 5.02. The first kappa shape index (κ1) is 28.1. The van der Waals surface area contributed by atoms with Crippen molar-refractivity contribution in [3.63, 3.8) is 0 Å². The van der Waals surface area contributed by atoms with Crippen LogP contribution in [0.3, 0.4) is 0 Å². The highest BCUT2D eigenvalue weighted by atomic mass is 32.2. The summed E-state index contributed by atoms with van der Waals surface area (Å²) < 4.78 is 28.3. The summed E-state index contributed by atoms with van der Waals surface area (Å²) in [5.41, 5.74) is 1.77. The third kappa shape index (κ3) is 6.92. The second-order valence-corrected chi connectivity index (χ2v) is 11.8. The van der Waals surface area contributed by atoms with Crippen LogP contribution in [0.5, 0.6) is 0 Å². The molecule has 3 heterocycles. The van der Waals surface area contributed by atoms with Crippen LogP contribution < -0.4 is 0 Å². The van der Waals surface area contributed by atoms with Crippen LogP contribution in [-0.4, -0.2) is 68.6 Å². The zero-order valence-electron chi connectivity index (χ0n) is 22.8. The van der Waals surface area contributed by atoms with Crippen molar-refractivity contribution in [2.24, 2.45) is 0 Å². The third-order valence-corrected chi connectivity index (χ3v) is 8.87. The summed E-state index contributed by atoms with van der Waals surface area (Å²) in [6.45, 7) is 11.5. The van der Waals surface area contributed by atoms with Gasteiger partial charge in [0.1, 0.15) is 11.6 Å². The first-order valence-electron chi connectivity index (χ1n) is 13.7.